The summed E-state index contributed by atoms with van der Waals surface area (Å²) in [5, 5.41) is 9.98. The van der Waals surface area contributed by atoms with E-state index in [1.807, 2.05) is 18.2 Å². The van der Waals surface area contributed by atoms with Crippen molar-refractivity contribution in [1.29, 1.82) is 0 Å². The first-order valence-electron chi connectivity index (χ1n) is 5.89. The van der Waals surface area contributed by atoms with Crippen LogP contribution in [-0.4, -0.2) is 11.9 Å². The topological polar surface area (TPSA) is 38.7 Å². The molecule has 1 atom stereocenters. The van der Waals surface area contributed by atoms with E-state index in [4.69, 9.17) is 9.47 Å². The number of hydrogen-bond donors (Lipinski definition) is 1. The minimum Gasteiger partial charge on any atom is -0.454 e. The summed E-state index contributed by atoms with van der Waals surface area (Å²) in [6.07, 6.45) is 3.83. The van der Waals surface area contributed by atoms with Gasteiger partial charge in [-0.15, -0.1) is 0 Å². The molecule has 3 heteroatoms. The standard InChI is InChI=1S/C13H18O3/c1-2-3-4-5-11(14)10-6-7-12-13(8-10)16-9-15-12/h6-8,11,14H,2-5,9H2,1H3/t11-/m0/s1. The minimum absolute atomic E-state index is 0.282. The molecule has 88 valence electrons. The van der Waals surface area contributed by atoms with Crippen molar-refractivity contribution in [2.24, 2.45) is 0 Å². The van der Waals surface area contributed by atoms with Gasteiger partial charge in [-0.2, -0.15) is 0 Å². The van der Waals surface area contributed by atoms with Crippen LogP contribution >= 0.6 is 0 Å². The van der Waals surface area contributed by atoms with Crippen LogP contribution in [0.25, 0.3) is 0 Å². The van der Waals surface area contributed by atoms with E-state index in [-0.39, 0.29) is 12.9 Å². The normalized spacial score (nSPS) is 15.1. The highest BCUT2D eigenvalue weighted by Crippen LogP contribution is 2.35. The Hall–Kier alpha value is -1.22. The predicted molar refractivity (Wildman–Crippen MR) is 61.7 cm³/mol. The molecule has 0 aromatic heterocycles. The van der Waals surface area contributed by atoms with Crippen LogP contribution in [0.15, 0.2) is 18.2 Å². The van der Waals surface area contributed by atoms with Gasteiger partial charge in [0.25, 0.3) is 0 Å². The molecule has 0 saturated heterocycles. The van der Waals surface area contributed by atoms with Crippen molar-refractivity contribution in [3.8, 4) is 11.5 Å². The SMILES string of the molecule is CCCCC[C@H](O)c1ccc2c(c1)OCO2. The van der Waals surface area contributed by atoms with Gasteiger partial charge in [0.2, 0.25) is 6.79 Å². The van der Waals surface area contributed by atoms with E-state index in [2.05, 4.69) is 6.92 Å². The molecule has 1 aromatic rings. The number of unbranched alkanes of at least 4 members (excludes halogenated alkanes) is 2. The number of ether oxygens (including phenoxy) is 2. The number of rotatable bonds is 5. The first-order chi connectivity index (χ1) is 7.81. The first kappa shape index (κ1) is 11.3. The minimum atomic E-state index is -0.388. The van der Waals surface area contributed by atoms with Gasteiger partial charge in [-0.05, 0) is 24.1 Å². The molecule has 1 aromatic carbocycles. The zero-order valence-corrected chi connectivity index (χ0v) is 9.61. The highest BCUT2D eigenvalue weighted by atomic mass is 16.7. The fourth-order valence-corrected chi connectivity index (χ4v) is 1.87. The lowest BCUT2D eigenvalue weighted by molar-refractivity contribution is 0.162. The van der Waals surface area contributed by atoms with Gasteiger partial charge in [0.15, 0.2) is 11.5 Å². The lowest BCUT2D eigenvalue weighted by Crippen LogP contribution is -1.97. The third-order valence-electron chi connectivity index (χ3n) is 2.86. The lowest BCUT2D eigenvalue weighted by Gasteiger charge is -2.11. The summed E-state index contributed by atoms with van der Waals surface area (Å²) in [6, 6.07) is 5.64. The molecule has 0 saturated carbocycles. The lowest BCUT2D eigenvalue weighted by atomic mass is 10.0. The third kappa shape index (κ3) is 2.47. The van der Waals surface area contributed by atoms with Crippen LogP contribution in [0, 0.1) is 0 Å². The molecule has 0 unspecified atom stereocenters. The molecule has 1 aliphatic rings. The second-order valence-corrected chi connectivity index (χ2v) is 4.12. The Morgan fingerprint density at radius 1 is 1.25 bits per heavy atom. The maximum absolute atomic E-state index is 9.98. The van der Waals surface area contributed by atoms with Crippen LogP contribution in [-0.2, 0) is 0 Å². The Bertz CT molecular complexity index is 349. The van der Waals surface area contributed by atoms with Crippen LogP contribution in [0.5, 0.6) is 11.5 Å². The summed E-state index contributed by atoms with van der Waals surface area (Å²) < 4.78 is 10.5. The van der Waals surface area contributed by atoms with Crippen LogP contribution < -0.4 is 9.47 Å². The molecule has 0 bridgehead atoms. The highest BCUT2D eigenvalue weighted by molar-refractivity contribution is 5.44. The Morgan fingerprint density at radius 2 is 2.06 bits per heavy atom. The summed E-state index contributed by atoms with van der Waals surface area (Å²) >= 11 is 0. The van der Waals surface area contributed by atoms with E-state index in [9.17, 15) is 5.11 Å². The van der Waals surface area contributed by atoms with Crippen LogP contribution in [0.4, 0.5) is 0 Å². The smallest absolute Gasteiger partial charge is 0.231 e. The fourth-order valence-electron chi connectivity index (χ4n) is 1.87. The van der Waals surface area contributed by atoms with E-state index in [0.29, 0.717) is 0 Å². The molecule has 0 amide bonds. The molecule has 0 radical (unpaired) electrons. The first-order valence-corrected chi connectivity index (χ1v) is 5.89. The third-order valence-corrected chi connectivity index (χ3v) is 2.86. The number of fused-ring (bicyclic) bond motifs is 1. The van der Waals surface area contributed by atoms with E-state index < -0.39 is 0 Å². The largest absolute Gasteiger partial charge is 0.454 e. The molecule has 0 fully saturated rings. The van der Waals surface area contributed by atoms with Crippen molar-refractivity contribution in [2.75, 3.05) is 6.79 Å². The number of aliphatic hydroxyl groups is 1. The maximum atomic E-state index is 9.98. The summed E-state index contributed by atoms with van der Waals surface area (Å²) in [4.78, 5) is 0. The Labute approximate surface area is 96.0 Å². The predicted octanol–water partition coefficient (Wildman–Crippen LogP) is 3.03. The van der Waals surface area contributed by atoms with E-state index in [1.165, 1.54) is 12.8 Å². The fraction of sp³-hybridized carbons (Fsp3) is 0.538. The van der Waals surface area contributed by atoms with Gasteiger partial charge in [0.1, 0.15) is 0 Å². The highest BCUT2D eigenvalue weighted by Gasteiger charge is 2.16. The van der Waals surface area contributed by atoms with Crippen LogP contribution in [0.1, 0.15) is 44.3 Å². The number of aliphatic hydroxyl groups excluding tert-OH is 1. The monoisotopic (exact) mass is 222 g/mol. The molecule has 1 aliphatic heterocycles. The van der Waals surface area contributed by atoms with E-state index in [1.54, 1.807) is 0 Å². The Kier molecular flexibility index (Phi) is 3.67. The van der Waals surface area contributed by atoms with E-state index >= 15 is 0 Å². The summed E-state index contributed by atoms with van der Waals surface area (Å²) in [7, 11) is 0. The van der Waals surface area contributed by atoms with Gasteiger partial charge >= 0.3 is 0 Å². The summed E-state index contributed by atoms with van der Waals surface area (Å²) in [5.41, 5.74) is 0.917. The molecule has 1 N–H and O–H groups in total. The molecular formula is C13H18O3. The van der Waals surface area contributed by atoms with Crippen molar-refractivity contribution in [2.45, 2.75) is 38.7 Å². The van der Waals surface area contributed by atoms with Crippen molar-refractivity contribution >= 4 is 0 Å². The van der Waals surface area contributed by atoms with Crippen LogP contribution in [0.2, 0.25) is 0 Å². The van der Waals surface area contributed by atoms with E-state index in [0.717, 1.165) is 29.9 Å². The van der Waals surface area contributed by atoms with Crippen molar-refractivity contribution < 1.29 is 14.6 Å². The van der Waals surface area contributed by atoms with Gasteiger partial charge in [-0.1, -0.05) is 32.3 Å². The Morgan fingerprint density at radius 3 is 2.88 bits per heavy atom. The quantitative estimate of drug-likeness (QED) is 0.778. The molecule has 0 spiro atoms. The van der Waals surface area contributed by atoms with Gasteiger partial charge in [0, 0.05) is 0 Å². The number of benzene rings is 1. The van der Waals surface area contributed by atoms with Crippen molar-refractivity contribution in [3.05, 3.63) is 23.8 Å². The zero-order chi connectivity index (χ0) is 11.4. The number of hydrogen-bond acceptors (Lipinski definition) is 3. The average molecular weight is 222 g/mol. The molecule has 2 rings (SSSR count). The molecule has 3 nitrogen and oxygen atoms in total. The maximum Gasteiger partial charge on any atom is 0.231 e. The van der Waals surface area contributed by atoms with Crippen molar-refractivity contribution in [3.63, 3.8) is 0 Å². The molecule has 16 heavy (non-hydrogen) atoms. The van der Waals surface area contributed by atoms with Gasteiger partial charge < -0.3 is 14.6 Å². The van der Waals surface area contributed by atoms with Crippen molar-refractivity contribution in [1.82, 2.24) is 0 Å². The van der Waals surface area contributed by atoms with Gasteiger partial charge in [0.05, 0.1) is 6.10 Å². The second-order valence-electron chi connectivity index (χ2n) is 4.12. The zero-order valence-electron chi connectivity index (χ0n) is 9.61. The molecule has 0 aliphatic carbocycles. The summed E-state index contributed by atoms with van der Waals surface area (Å²) in [6.45, 7) is 2.44. The van der Waals surface area contributed by atoms with Gasteiger partial charge in [-0.25, -0.2) is 0 Å². The van der Waals surface area contributed by atoms with Gasteiger partial charge in [-0.3, -0.25) is 0 Å². The second kappa shape index (κ2) is 5.21. The van der Waals surface area contributed by atoms with Crippen LogP contribution in [0.3, 0.4) is 0 Å². The summed E-state index contributed by atoms with van der Waals surface area (Å²) in [5.74, 6) is 1.51. The Balaban J connectivity index is 1.98. The molecular weight excluding hydrogens is 204 g/mol. The average Bonchev–Trinajstić information content (AvgIpc) is 2.76. The molecule has 1 heterocycles.